The minimum absolute atomic E-state index is 0.222. The van der Waals surface area contributed by atoms with Crippen LogP contribution in [0, 0.1) is 0 Å². The van der Waals surface area contributed by atoms with E-state index in [9.17, 15) is 4.79 Å². The van der Waals surface area contributed by atoms with Crippen LogP contribution in [0.4, 0.5) is 0 Å². The molecule has 0 fully saturated rings. The van der Waals surface area contributed by atoms with Crippen molar-refractivity contribution >= 4 is 17.9 Å². The van der Waals surface area contributed by atoms with E-state index in [2.05, 4.69) is 15.1 Å². The van der Waals surface area contributed by atoms with Gasteiger partial charge in [-0.1, -0.05) is 41.9 Å². The molecule has 0 radical (unpaired) electrons. The molecule has 3 aromatic rings. The molecule has 0 atom stereocenters. The molecule has 0 bridgehead atoms. The maximum absolute atomic E-state index is 11.3. The number of hydrogen-bond acceptors (Lipinski definition) is 4. The third kappa shape index (κ3) is 2.08. The van der Waals surface area contributed by atoms with Gasteiger partial charge in [-0.2, -0.15) is 5.10 Å². The number of nitrogens with zero attached hydrogens (tertiary/aromatic N) is 4. The van der Waals surface area contributed by atoms with Crippen molar-refractivity contribution in [3.05, 3.63) is 59.6 Å². The van der Waals surface area contributed by atoms with Crippen LogP contribution in [0.25, 0.3) is 17.1 Å². The molecule has 0 aliphatic carbocycles. The quantitative estimate of drug-likeness (QED) is 0.694. The molecule has 1 aromatic carbocycles. The summed E-state index contributed by atoms with van der Waals surface area (Å²) in [5, 5.41) is 4.59. The molecule has 3 rings (SSSR count). The van der Waals surface area contributed by atoms with Crippen molar-refractivity contribution < 1.29 is 4.79 Å². The Kier molecular flexibility index (Phi) is 3.26. The highest BCUT2D eigenvalue weighted by molar-refractivity contribution is 6.32. The van der Waals surface area contributed by atoms with Crippen LogP contribution in [0.3, 0.4) is 0 Å². The molecule has 0 N–H and O–H groups in total. The number of halogens is 1. The Balaban J connectivity index is 2.21. The summed E-state index contributed by atoms with van der Waals surface area (Å²) >= 11 is 6.22. The highest BCUT2D eigenvalue weighted by Crippen LogP contribution is 2.28. The van der Waals surface area contributed by atoms with Gasteiger partial charge in [-0.15, -0.1) is 0 Å². The Labute approximate surface area is 119 Å². The Morgan fingerprint density at radius 3 is 2.60 bits per heavy atom. The number of rotatable bonds is 3. The third-order valence-electron chi connectivity index (χ3n) is 2.79. The Bertz CT molecular complexity index is 741. The first-order valence-electron chi connectivity index (χ1n) is 5.87. The van der Waals surface area contributed by atoms with Gasteiger partial charge in [0.05, 0.1) is 11.8 Å². The Hall–Kier alpha value is -2.53. The summed E-state index contributed by atoms with van der Waals surface area (Å²) in [6.07, 6.45) is 5.32. The van der Waals surface area contributed by atoms with E-state index in [0.29, 0.717) is 23.4 Å². The second-order valence-electron chi connectivity index (χ2n) is 4.01. The van der Waals surface area contributed by atoms with Gasteiger partial charge in [0.1, 0.15) is 10.8 Å². The standard InChI is InChI=1S/C14H9ClN4O/c15-14-11(9-20)13(10-4-2-1-3-5-10)18-19(14)12-8-16-6-7-17-12/h1-9H. The van der Waals surface area contributed by atoms with Crippen molar-refractivity contribution in [3.63, 3.8) is 0 Å². The van der Waals surface area contributed by atoms with Crippen LogP contribution in [-0.2, 0) is 0 Å². The van der Waals surface area contributed by atoms with Gasteiger partial charge in [-0.25, -0.2) is 9.67 Å². The molecule has 5 nitrogen and oxygen atoms in total. The molecule has 0 saturated heterocycles. The largest absolute Gasteiger partial charge is 0.298 e. The molecule has 0 amide bonds. The number of aromatic nitrogens is 4. The summed E-state index contributed by atoms with van der Waals surface area (Å²) in [6, 6.07) is 9.38. The molecule has 0 aliphatic heterocycles. The Morgan fingerprint density at radius 2 is 1.95 bits per heavy atom. The van der Waals surface area contributed by atoms with E-state index in [0.717, 1.165) is 5.56 Å². The normalized spacial score (nSPS) is 10.4. The van der Waals surface area contributed by atoms with E-state index in [-0.39, 0.29) is 5.15 Å². The molecule has 98 valence electrons. The van der Waals surface area contributed by atoms with Crippen LogP contribution >= 0.6 is 11.6 Å². The summed E-state index contributed by atoms with van der Waals surface area (Å²) in [4.78, 5) is 19.4. The van der Waals surface area contributed by atoms with Gasteiger partial charge in [-0.05, 0) is 0 Å². The zero-order chi connectivity index (χ0) is 13.9. The van der Waals surface area contributed by atoms with Crippen LogP contribution in [0.2, 0.25) is 5.15 Å². The fourth-order valence-corrected chi connectivity index (χ4v) is 2.13. The topological polar surface area (TPSA) is 60.7 Å². The molecule has 0 aliphatic rings. The van der Waals surface area contributed by atoms with Gasteiger partial charge >= 0.3 is 0 Å². The Morgan fingerprint density at radius 1 is 1.15 bits per heavy atom. The number of carbonyl (C=O) groups is 1. The fourth-order valence-electron chi connectivity index (χ4n) is 1.88. The van der Waals surface area contributed by atoms with Gasteiger partial charge < -0.3 is 0 Å². The lowest BCUT2D eigenvalue weighted by Gasteiger charge is -1.99. The molecular weight excluding hydrogens is 276 g/mol. The minimum Gasteiger partial charge on any atom is -0.298 e. The second kappa shape index (κ2) is 5.22. The fraction of sp³-hybridized carbons (Fsp3) is 0. The van der Waals surface area contributed by atoms with Crippen LogP contribution in [0.15, 0.2) is 48.9 Å². The average molecular weight is 285 g/mol. The van der Waals surface area contributed by atoms with E-state index >= 15 is 0 Å². The summed E-state index contributed by atoms with van der Waals surface area (Å²) in [5.41, 5.74) is 1.68. The number of benzene rings is 1. The predicted molar refractivity (Wildman–Crippen MR) is 75.0 cm³/mol. The first-order valence-corrected chi connectivity index (χ1v) is 6.24. The van der Waals surface area contributed by atoms with Crippen LogP contribution in [0.1, 0.15) is 10.4 Å². The van der Waals surface area contributed by atoms with Gasteiger partial charge in [0.25, 0.3) is 0 Å². The lowest BCUT2D eigenvalue weighted by Crippen LogP contribution is -2.00. The van der Waals surface area contributed by atoms with E-state index in [1.807, 2.05) is 30.3 Å². The van der Waals surface area contributed by atoms with Gasteiger partial charge in [-0.3, -0.25) is 9.78 Å². The summed E-state index contributed by atoms with van der Waals surface area (Å²) in [5.74, 6) is 0.461. The van der Waals surface area contributed by atoms with Crippen molar-refractivity contribution in [2.45, 2.75) is 0 Å². The summed E-state index contributed by atoms with van der Waals surface area (Å²) in [6.45, 7) is 0. The maximum Gasteiger partial charge on any atom is 0.173 e. The first-order chi connectivity index (χ1) is 9.81. The highest BCUT2D eigenvalue weighted by atomic mass is 35.5. The number of hydrogen-bond donors (Lipinski definition) is 0. The number of carbonyl (C=O) groups excluding carboxylic acids is 1. The summed E-state index contributed by atoms with van der Waals surface area (Å²) in [7, 11) is 0. The maximum atomic E-state index is 11.3. The minimum atomic E-state index is 0.222. The van der Waals surface area contributed by atoms with E-state index in [4.69, 9.17) is 11.6 Å². The number of aldehydes is 1. The SMILES string of the molecule is O=Cc1c(-c2ccccc2)nn(-c2cnccn2)c1Cl. The third-order valence-corrected chi connectivity index (χ3v) is 3.16. The lowest BCUT2D eigenvalue weighted by molar-refractivity contribution is 0.112. The van der Waals surface area contributed by atoms with Crippen LogP contribution < -0.4 is 0 Å². The molecule has 2 aromatic heterocycles. The van der Waals surface area contributed by atoms with Crippen molar-refractivity contribution in [2.24, 2.45) is 0 Å². The molecule has 0 saturated carbocycles. The molecule has 0 unspecified atom stereocenters. The van der Waals surface area contributed by atoms with E-state index < -0.39 is 0 Å². The predicted octanol–water partition coefficient (Wildman–Crippen LogP) is 2.80. The molecule has 2 heterocycles. The van der Waals surface area contributed by atoms with Gasteiger partial charge in [0, 0.05) is 18.0 Å². The summed E-state index contributed by atoms with van der Waals surface area (Å²) < 4.78 is 1.40. The van der Waals surface area contributed by atoms with Crippen molar-refractivity contribution in [1.82, 2.24) is 19.7 Å². The lowest BCUT2D eigenvalue weighted by atomic mass is 10.1. The molecule has 20 heavy (non-hydrogen) atoms. The average Bonchev–Trinajstić information content (AvgIpc) is 2.86. The molecular formula is C14H9ClN4O. The van der Waals surface area contributed by atoms with E-state index in [1.54, 1.807) is 6.20 Å². The van der Waals surface area contributed by atoms with Gasteiger partial charge in [0.15, 0.2) is 12.1 Å². The monoisotopic (exact) mass is 284 g/mol. The zero-order valence-electron chi connectivity index (χ0n) is 10.3. The van der Waals surface area contributed by atoms with Gasteiger partial charge in [0.2, 0.25) is 0 Å². The second-order valence-corrected chi connectivity index (χ2v) is 4.37. The first kappa shape index (κ1) is 12.5. The van der Waals surface area contributed by atoms with Crippen LogP contribution in [-0.4, -0.2) is 26.0 Å². The van der Waals surface area contributed by atoms with Crippen LogP contribution in [0.5, 0.6) is 0 Å². The van der Waals surface area contributed by atoms with Crippen molar-refractivity contribution in [3.8, 4) is 17.1 Å². The van der Waals surface area contributed by atoms with E-state index in [1.165, 1.54) is 17.1 Å². The van der Waals surface area contributed by atoms with Crippen molar-refractivity contribution in [2.75, 3.05) is 0 Å². The smallest absolute Gasteiger partial charge is 0.173 e. The zero-order valence-corrected chi connectivity index (χ0v) is 11.0. The molecule has 0 spiro atoms. The molecule has 6 heteroatoms. The van der Waals surface area contributed by atoms with Crippen molar-refractivity contribution in [1.29, 1.82) is 0 Å². The highest BCUT2D eigenvalue weighted by Gasteiger charge is 2.18.